The first-order valence-electron chi connectivity index (χ1n) is 8.42. The van der Waals surface area contributed by atoms with Gasteiger partial charge in [-0.15, -0.1) is 10.2 Å². The van der Waals surface area contributed by atoms with Gasteiger partial charge in [0.2, 0.25) is 11.8 Å². The summed E-state index contributed by atoms with van der Waals surface area (Å²) in [6.45, 7) is 1.70. The Hall–Kier alpha value is -2.29. The molecule has 0 aliphatic rings. The Morgan fingerprint density at radius 2 is 1.97 bits per heavy atom. The number of halogens is 3. The van der Waals surface area contributed by atoms with Gasteiger partial charge in [0.15, 0.2) is 0 Å². The standard InChI is InChI=1S/C19H16Cl2FN3O3S/c1-10(13-7-16(22)15(21)8-14(13)20)23-17(26)9-29-19-25-24-18(28-19)11-3-5-12(27-2)6-4-11/h3-8,10H,9H2,1-2H3,(H,23,26). The molecule has 1 unspecified atom stereocenters. The van der Waals surface area contributed by atoms with Crippen molar-refractivity contribution in [3.05, 3.63) is 57.8 Å². The summed E-state index contributed by atoms with van der Waals surface area (Å²) in [6.07, 6.45) is 0. The van der Waals surface area contributed by atoms with E-state index >= 15 is 0 Å². The Morgan fingerprint density at radius 3 is 2.66 bits per heavy atom. The van der Waals surface area contributed by atoms with Crippen molar-refractivity contribution in [2.45, 2.75) is 18.2 Å². The fraction of sp³-hybridized carbons (Fsp3) is 0.211. The Labute approximate surface area is 180 Å². The molecule has 0 aliphatic heterocycles. The largest absolute Gasteiger partial charge is 0.497 e. The van der Waals surface area contributed by atoms with Crippen molar-refractivity contribution >= 4 is 40.9 Å². The van der Waals surface area contributed by atoms with Crippen molar-refractivity contribution in [1.82, 2.24) is 15.5 Å². The number of carbonyl (C=O) groups excluding carboxylic acids is 1. The van der Waals surface area contributed by atoms with Gasteiger partial charge in [-0.3, -0.25) is 4.79 Å². The predicted molar refractivity (Wildman–Crippen MR) is 110 cm³/mol. The molecule has 152 valence electrons. The molecule has 29 heavy (non-hydrogen) atoms. The van der Waals surface area contributed by atoms with Gasteiger partial charge in [0.1, 0.15) is 11.6 Å². The topological polar surface area (TPSA) is 77.2 Å². The SMILES string of the molecule is COc1ccc(-c2nnc(SCC(=O)NC(C)c3cc(F)c(Cl)cc3Cl)o2)cc1. The molecule has 1 aromatic heterocycles. The molecule has 0 saturated carbocycles. The van der Waals surface area contributed by atoms with Gasteiger partial charge < -0.3 is 14.5 Å². The molecular weight excluding hydrogens is 440 g/mol. The van der Waals surface area contributed by atoms with E-state index in [1.165, 1.54) is 12.1 Å². The molecule has 2 aromatic carbocycles. The molecule has 1 atom stereocenters. The normalized spacial score (nSPS) is 11.9. The molecule has 0 spiro atoms. The van der Waals surface area contributed by atoms with E-state index < -0.39 is 11.9 Å². The zero-order valence-corrected chi connectivity index (χ0v) is 17.7. The number of hydrogen-bond acceptors (Lipinski definition) is 6. The van der Waals surface area contributed by atoms with Crippen LogP contribution in [0.3, 0.4) is 0 Å². The summed E-state index contributed by atoms with van der Waals surface area (Å²) in [6, 6.07) is 9.18. The van der Waals surface area contributed by atoms with E-state index in [0.717, 1.165) is 17.3 Å². The summed E-state index contributed by atoms with van der Waals surface area (Å²) < 4.78 is 24.3. The molecule has 3 rings (SSSR count). The van der Waals surface area contributed by atoms with Crippen LogP contribution >= 0.6 is 35.0 Å². The molecule has 3 aromatic rings. The van der Waals surface area contributed by atoms with E-state index in [-0.39, 0.29) is 26.9 Å². The average Bonchev–Trinajstić information content (AvgIpc) is 3.18. The number of thioether (sulfide) groups is 1. The van der Waals surface area contributed by atoms with Gasteiger partial charge >= 0.3 is 0 Å². The number of methoxy groups -OCH3 is 1. The summed E-state index contributed by atoms with van der Waals surface area (Å²) in [4.78, 5) is 12.2. The van der Waals surface area contributed by atoms with E-state index in [2.05, 4.69) is 15.5 Å². The second-order valence-corrected chi connectivity index (χ2v) is 7.71. The maximum absolute atomic E-state index is 13.7. The number of nitrogens with zero attached hydrogens (tertiary/aromatic N) is 2. The van der Waals surface area contributed by atoms with Crippen molar-refractivity contribution in [3.63, 3.8) is 0 Å². The minimum atomic E-state index is -0.599. The number of ether oxygens (including phenoxy) is 1. The highest BCUT2D eigenvalue weighted by Gasteiger charge is 2.17. The highest BCUT2D eigenvalue weighted by atomic mass is 35.5. The number of nitrogens with one attached hydrogen (secondary N) is 1. The van der Waals surface area contributed by atoms with Gasteiger partial charge in [-0.2, -0.15) is 0 Å². The monoisotopic (exact) mass is 455 g/mol. The number of amides is 1. The summed E-state index contributed by atoms with van der Waals surface area (Å²) in [5, 5.41) is 11.1. The second-order valence-electron chi connectivity index (χ2n) is 5.97. The van der Waals surface area contributed by atoms with E-state index in [9.17, 15) is 9.18 Å². The Bertz CT molecular complexity index is 1010. The van der Waals surface area contributed by atoms with E-state index in [1.54, 1.807) is 38.3 Å². The molecule has 6 nitrogen and oxygen atoms in total. The number of hydrogen-bond donors (Lipinski definition) is 1. The van der Waals surface area contributed by atoms with Crippen LogP contribution in [0.5, 0.6) is 5.75 Å². The summed E-state index contributed by atoms with van der Waals surface area (Å²) in [5.41, 5.74) is 1.18. The quantitative estimate of drug-likeness (QED) is 0.391. The summed E-state index contributed by atoms with van der Waals surface area (Å²) in [7, 11) is 1.58. The smallest absolute Gasteiger partial charge is 0.277 e. The molecular formula is C19H16Cl2FN3O3S. The van der Waals surface area contributed by atoms with Crippen molar-refractivity contribution in [2.75, 3.05) is 12.9 Å². The van der Waals surface area contributed by atoms with Crippen LogP contribution in [0.25, 0.3) is 11.5 Å². The first-order chi connectivity index (χ1) is 13.9. The summed E-state index contributed by atoms with van der Waals surface area (Å²) >= 11 is 12.9. The van der Waals surface area contributed by atoms with Gasteiger partial charge in [-0.25, -0.2) is 4.39 Å². The zero-order valence-electron chi connectivity index (χ0n) is 15.4. The number of aromatic nitrogens is 2. The molecule has 1 heterocycles. The fourth-order valence-corrected chi connectivity index (χ4v) is 3.60. The van der Waals surface area contributed by atoms with Gasteiger partial charge in [-0.05, 0) is 48.9 Å². The second kappa shape index (κ2) is 9.47. The average molecular weight is 456 g/mol. The minimum Gasteiger partial charge on any atom is -0.497 e. The van der Waals surface area contributed by atoms with Crippen molar-refractivity contribution < 1.29 is 18.3 Å². The van der Waals surface area contributed by atoms with Crippen molar-refractivity contribution in [3.8, 4) is 17.2 Å². The molecule has 0 aliphatic carbocycles. The highest BCUT2D eigenvalue weighted by Crippen LogP contribution is 2.29. The molecule has 0 bridgehead atoms. The van der Waals surface area contributed by atoms with Crippen LogP contribution in [0.2, 0.25) is 10.0 Å². The molecule has 0 fully saturated rings. The van der Waals surface area contributed by atoms with Gasteiger partial charge in [0.25, 0.3) is 5.22 Å². The van der Waals surface area contributed by atoms with Crippen LogP contribution < -0.4 is 10.1 Å². The lowest BCUT2D eigenvalue weighted by Crippen LogP contribution is -2.28. The van der Waals surface area contributed by atoms with E-state index in [0.29, 0.717) is 17.2 Å². The van der Waals surface area contributed by atoms with Gasteiger partial charge in [-0.1, -0.05) is 35.0 Å². The van der Waals surface area contributed by atoms with Gasteiger partial charge in [0.05, 0.1) is 23.9 Å². The third-order valence-corrected chi connectivity index (χ3v) is 5.39. The molecule has 10 heteroatoms. The van der Waals surface area contributed by atoms with Crippen LogP contribution in [-0.2, 0) is 4.79 Å². The first-order valence-corrected chi connectivity index (χ1v) is 10.2. The van der Waals surface area contributed by atoms with Crippen LogP contribution in [0.4, 0.5) is 4.39 Å². The molecule has 1 amide bonds. The maximum atomic E-state index is 13.7. The van der Waals surface area contributed by atoms with Gasteiger partial charge in [0, 0.05) is 10.6 Å². The summed E-state index contributed by atoms with van der Waals surface area (Å²) in [5.74, 6) is 0.209. The Morgan fingerprint density at radius 1 is 1.24 bits per heavy atom. The molecule has 1 N–H and O–H groups in total. The number of benzene rings is 2. The minimum absolute atomic E-state index is 0.0439. The highest BCUT2D eigenvalue weighted by molar-refractivity contribution is 7.99. The Balaban J connectivity index is 1.57. The third-order valence-electron chi connectivity index (χ3n) is 3.95. The van der Waals surface area contributed by atoms with Crippen LogP contribution in [0.15, 0.2) is 46.0 Å². The first kappa shape index (κ1) is 21.4. The van der Waals surface area contributed by atoms with E-state index in [4.69, 9.17) is 32.4 Å². The van der Waals surface area contributed by atoms with Crippen LogP contribution in [-0.4, -0.2) is 29.0 Å². The number of rotatable bonds is 7. The van der Waals surface area contributed by atoms with Crippen molar-refractivity contribution in [2.24, 2.45) is 0 Å². The molecule has 0 saturated heterocycles. The van der Waals surface area contributed by atoms with Crippen LogP contribution in [0.1, 0.15) is 18.5 Å². The number of carbonyl (C=O) groups is 1. The lowest BCUT2D eigenvalue weighted by Gasteiger charge is -2.16. The predicted octanol–water partition coefficient (Wildman–Crippen LogP) is 5.16. The van der Waals surface area contributed by atoms with Crippen molar-refractivity contribution in [1.29, 1.82) is 0 Å². The third kappa shape index (κ3) is 5.41. The maximum Gasteiger partial charge on any atom is 0.277 e. The van der Waals surface area contributed by atoms with E-state index in [1.807, 2.05) is 0 Å². The lowest BCUT2D eigenvalue weighted by molar-refractivity contribution is -0.119. The zero-order chi connectivity index (χ0) is 21.0. The Kier molecular flexibility index (Phi) is 7.00. The molecule has 0 radical (unpaired) electrons. The lowest BCUT2D eigenvalue weighted by atomic mass is 10.1. The van der Waals surface area contributed by atoms with Crippen LogP contribution in [0, 0.1) is 5.82 Å². The fourth-order valence-electron chi connectivity index (χ4n) is 2.48.